The molecule has 1 N–H and O–H groups in total. The average Bonchev–Trinajstić information content (AvgIpc) is 3.02. The molecule has 0 heterocycles. The standard InChI is InChI=1S/C16H20N2O2/c1-11-14(3-2-4-16(11)18(19)20)9-17-10-15-8-12-5-6-13(15)7-12/h2-6,12-13,15,17H,7-10H2,1H3. The summed E-state index contributed by atoms with van der Waals surface area (Å²) >= 11 is 0. The molecule has 2 aliphatic carbocycles. The Morgan fingerprint density at radius 1 is 1.35 bits per heavy atom. The second-order valence-electron chi connectivity index (χ2n) is 5.99. The molecule has 0 aliphatic heterocycles. The van der Waals surface area contributed by atoms with E-state index in [4.69, 9.17) is 0 Å². The maximum atomic E-state index is 10.9. The topological polar surface area (TPSA) is 55.2 Å². The number of fused-ring (bicyclic) bond motifs is 2. The summed E-state index contributed by atoms with van der Waals surface area (Å²) in [6, 6.07) is 5.30. The molecule has 2 bridgehead atoms. The van der Waals surface area contributed by atoms with Gasteiger partial charge in [0.05, 0.1) is 4.92 Å². The van der Waals surface area contributed by atoms with Crippen molar-refractivity contribution >= 4 is 5.69 Å². The lowest BCUT2D eigenvalue weighted by molar-refractivity contribution is -0.385. The minimum absolute atomic E-state index is 0.215. The number of benzene rings is 1. The maximum Gasteiger partial charge on any atom is 0.272 e. The number of hydrogen-bond acceptors (Lipinski definition) is 3. The molecule has 4 nitrogen and oxygen atoms in total. The van der Waals surface area contributed by atoms with Gasteiger partial charge in [-0.3, -0.25) is 10.1 Å². The van der Waals surface area contributed by atoms with Crippen LogP contribution in [0, 0.1) is 34.8 Å². The lowest BCUT2D eigenvalue weighted by atomic mass is 9.93. The van der Waals surface area contributed by atoms with Crippen LogP contribution in [0.25, 0.3) is 0 Å². The number of nitrogens with one attached hydrogen (secondary N) is 1. The zero-order valence-electron chi connectivity index (χ0n) is 11.7. The molecule has 3 rings (SSSR count). The monoisotopic (exact) mass is 272 g/mol. The summed E-state index contributed by atoms with van der Waals surface area (Å²) in [7, 11) is 0. The van der Waals surface area contributed by atoms with Gasteiger partial charge in [-0.05, 0) is 49.6 Å². The van der Waals surface area contributed by atoms with E-state index in [0.717, 1.165) is 35.4 Å². The first-order chi connectivity index (χ1) is 9.65. The molecular weight excluding hydrogens is 252 g/mol. The minimum Gasteiger partial charge on any atom is -0.312 e. The van der Waals surface area contributed by atoms with E-state index in [-0.39, 0.29) is 10.6 Å². The number of allylic oxidation sites excluding steroid dienone is 2. The first kappa shape index (κ1) is 13.3. The van der Waals surface area contributed by atoms with E-state index >= 15 is 0 Å². The molecule has 3 unspecified atom stereocenters. The lowest BCUT2D eigenvalue weighted by Crippen LogP contribution is -2.25. The molecule has 0 saturated heterocycles. The zero-order valence-corrected chi connectivity index (χ0v) is 11.7. The van der Waals surface area contributed by atoms with Gasteiger partial charge in [-0.2, -0.15) is 0 Å². The molecule has 0 amide bonds. The summed E-state index contributed by atoms with van der Waals surface area (Å²) in [5.74, 6) is 2.29. The van der Waals surface area contributed by atoms with Gasteiger partial charge in [-0.1, -0.05) is 24.3 Å². The lowest BCUT2D eigenvalue weighted by Gasteiger charge is -2.18. The summed E-state index contributed by atoms with van der Waals surface area (Å²) in [4.78, 5) is 10.6. The van der Waals surface area contributed by atoms with E-state index in [1.165, 1.54) is 12.8 Å². The van der Waals surface area contributed by atoms with Crippen molar-refractivity contribution in [1.82, 2.24) is 5.32 Å². The largest absolute Gasteiger partial charge is 0.312 e. The molecule has 0 radical (unpaired) electrons. The van der Waals surface area contributed by atoms with Crippen LogP contribution < -0.4 is 5.32 Å². The quantitative estimate of drug-likeness (QED) is 0.509. The highest BCUT2D eigenvalue weighted by atomic mass is 16.6. The van der Waals surface area contributed by atoms with Gasteiger partial charge in [-0.25, -0.2) is 0 Å². The van der Waals surface area contributed by atoms with Crippen molar-refractivity contribution in [2.75, 3.05) is 6.54 Å². The number of hydrogen-bond donors (Lipinski definition) is 1. The molecule has 1 fully saturated rings. The van der Waals surface area contributed by atoms with E-state index in [0.29, 0.717) is 6.54 Å². The van der Waals surface area contributed by atoms with E-state index in [1.54, 1.807) is 12.1 Å². The Morgan fingerprint density at radius 3 is 2.85 bits per heavy atom. The van der Waals surface area contributed by atoms with Crippen LogP contribution in [0.2, 0.25) is 0 Å². The highest BCUT2D eigenvalue weighted by Gasteiger charge is 2.34. The fourth-order valence-electron chi connectivity index (χ4n) is 3.58. The van der Waals surface area contributed by atoms with Crippen molar-refractivity contribution in [3.63, 3.8) is 0 Å². The van der Waals surface area contributed by atoms with Crippen LogP contribution in [0.15, 0.2) is 30.4 Å². The molecule has 1 aromatic carbocycles. The van der Waals surface area contributed by atoms with Crippen LogP contribution in [-0.2, 0) is 6.54 Å². The Balaban J connectivity index is 1.58. The van der Waals surface area contributed by atoms with Gasteiger partial charge in [0.25, 0.3) is 5.69 Å². The number of nitro groups is 1. The van der Waals surface area contributed by atoms with Crippen LogP contribution in [0.4, 0.5) is 5.69 Å². The molecule has 3 atom stereocenters. The average molecular weight is 272 g/mol. The second kappa shape index (κ2) is 5.37. The molecule has 4 heteroatoms. The highest BCUT2D eigenvalue weighted by Crippen LogP contribution is 2.42. The normalized spacial score (nSPS) is 27.1. The Labute approximate surface area is 119 Å². The van der Waals surface area contributed by atoms with Gasteiger partial charge in [0.15, 0.2) is 0 Å². The first-order valence-electron chi connectivity index (χ1n) is 7.27. The Bertz CT molecular complexity index is 553. The van der Waals surface area contributed by atoms with Gasteiger partial charge in [0.1, 0.15) is 0 Å². The van der Waals surface area contributed by atoms with Gasteiger partial charge < -0.3 is 5.32 Å². The third kappa shape index (κ3) is 2.48. The molecule has 20 heavy (non-hydrogen) atoms. The Kier molecular flexibility index (Phi) is 3.57. The van der Waals surface area contributed by atoms with Crippen molar-refractivity contribution < 1.29 is 4.92 Å². The number of nitro benzene ring substituents is 1. The van der Waals surface area contributed by atoms with Crippen LogP contribution in [0.3, 0.4) is 0 Å². The van der Waals surface area contributed by atoms with Gasteiger partial charge in [0.2, 0.25) is 0 Å². The predicted molar refractivity (Wildman–Crippen MR) is 78.4 cm³/mol. The summed E-state index contributed by atoms with van der Waals surface area (Å²) in [6.45, 7) is 3.55. The highest BCUT2D eigenvalue weighted by molar-refractivity contribution is 5.44. The van der Waals surface area contributed by atoms with Crippen LogP contribution >= 0.6 is 0 Å². The fourth-order valence-corrected chi connectivity index (χ4v) is 3.58. The first-order valence-corrected chi connectivity index (χ1v) is 7.27. The Hall–Kier alpha value is -1.68. The molecule has 1 saturated carbocycles. The molecule has 2 aliphatic rings. The molecule has 106 valence electrons. The van der Waals surface area contributed by atoms with Crippen molar-refractivity contribution in [3.8, 4) is 0 Å². The van der Waals surface area contributed by atoms with E-state index in [9.17, 15) is 10.1 Å². The van der Waals surface area contributed by atoms with Crippen molar-refractivity contribution in [3.05, 3.63) is 51.6 Å². The zero-order chi connectivity index (χ0) is 14.1. The summed E-state index contributed by atoms with van der Waals surface area (Å²) in [5.41, 5.74) is 2.02. The second-order valence-corrected chi connectivity index (χ2v) is 5.99. The van der Waals surface area contributed by atoms with Crippen LogP contribution in [0.1, 0.15) is 24.0 Å². The maximum absolute atomic E-state index is 10.9. The summed E-state index contributed by atoms with van der Waals surface area (Å²) < 4.78 is 0. The Morgan fingerprint density at radius 2 is 2.20 bits per heavy atom. The van der Waals surface area contributed by atoms with Gasteiger partial charge in [0, 0.05) is 18.2 Å². The van der Waals surface area contributed by atoms with Crippen LogP contribution in [-0.4, -0.2) is 11.5 Å². The third-order valence-corrected chi connectivity index (χ3v) is 4.75. The number of nitrogens with zero attached hydrogens (tertiary/aromatic N) is 1. The summed E-state index contributed by atoms with van der Waals surface area (Å²) in [6.07, 6.45) is 7.33. The van der Waals surface area contributed by atoms with Crippen molar-refractivity contribution in [2.24, 2.45) is 17.8 Å². The summed E-state index contributed by atoms with van der Waals surface area (Å²) in [5, 5.41) is 14.4. The number of rotatable bonds is 5. The SMILES string of the molecule is Cc1c(CNCC2CC3C=CC2C3)cccc1[N+](=O)[O-]. The van der Waals surface area contributed by atoms with Crippen molar-refractivity contribution in [2.45, 2.75) is 26.3 Å². The van der Waals surface area contributed by atoms with Crippen molar-refractivity contribution in [1.29, 1.82) is 0 Å². The molecule has 1 aromatic rings. The predicted octanol–water partition coefficient (Wildman–Crippen LogP) is 3.21. The smallest absolute Gasteiger partial charge is 0.272 e. The van der Waals surface area contributed by atoms with E-state index < -0.39 is 0 Å². The van der Waals surface area contributed by atoms with E-state index in [2.05, 4.69) is 17.5 Å². The molecular formula is C16H20N2O2. The fraction of sp³-hybridized carbons (Fsp3) is 0.500. The molecule has 0 spiro atoms. The molecule has 0 aromatic heterocycles. The minimum atomic E-state index is -0.306. The van der Waals surface area contributed by atoms with E-state index in [1.807, 2.05) is 13.0 Å². The third-order valence-electron chi connectivity index (χ3n) is 4.75. The van der Waals surface area contributed by atoms with Gasteiger partial charge >= 0.3 is 0 Å². The van der Waals surface area contributed by atoms with Crippen LogP contribution in [0.5, 0.6) is 0 Å². The van der Waals surface area contributed by atoms with Gasteiger partial charge in [-0.15, -0.1) is 0 Å².